The van der Waals surface area contributed by atoms with Crippen LogP contribution in [0.25, 0.3) is 0 Å². The van der Waals surface area contributed by atoms with Crippen LogP contribution in [0.4, 0.5) is 5.00 Å². The minimum absolute atomic E-state index is 0.194. The van der Waals surface area contributed by atoms with Gasteiger partial charge in [-0.3, -0.25) is 9.59 Å². The molecule has 3 aromatic rings. The number of fused-ring (bicyclic) bond motifs is 1. The molecule has 0 unspecified atom stereocenters. The Kier molecular flexibility index (Phi) is 6.51. The van der Waals surface area contributed by atoms with E-state index < -0.39 is 11.8 Å². The molecule has 0 bridgehead atoms. The zero-order valence-corrected chi connectivity index (χ0v) is 20.0. The molecule has 0 saturated heterocycles. The molecule has 2 heterocycles. The second-order valence-electron chi connectivity index (χ2n) is 7.45. The summed E-state index contributed by atoms with van der Waals surface area (Å²) in [6, 6.07) is 8.76. The van der Waals surface area contributed by atoms with E-state index in [2.05, 4.69) is 5.32 Å². The van der Waals surface area contributed by atoms with Crippen molar-refractivity contribution in [3.05, 3.63) is 57.5 Å². The lowest BCUT2D eigenvalue weighted by Gasteiger charge is -2.14. The summed E-state index contributed by atoms with van der Waals surface area (Å²) in [7, 11) is 4.42. The van der Waals surface area contributed by atoms with Crippen molar-refractivity contribution in [3.8, 4) is 28.7 Å². The van der Waals surface area contributed by atoms with Gasteiger partial charge in [-0.1, -0.05) is 6.07 Å². The fourth-order valence-electron chi connectivity index (χ4n) is 3.74. The van der Waals surface area contributed by atoms with Gasteiger partial charge >= 0.3 is 0 Å². The molecule has 0 spiro atoms. The van der Waals surface area contributed by atoms with Gasteiger partial charge in [-0.2, -0.15) is 0 Å². The number of methoxy groups -OCH3 is 3. The van der Waals surface area contributed by atoms with E-state index in [1.807, 2.05) is 25.1 Å². The molecule has 0 atom stereocenters. The van der Waals surface area contributed by atoms with Crippen molar-refractivity contribution in [1.29, 1.82) is 0 Å². The number of nitrogens with one attached hydrogen (secondary N) is 1. The number of carbonyl (C=O) groups excluding carboxylic acids is 2. The third-order valence-corrected chi connectivity index (χ3v) is 6.65. The molecule has 2 amide bonds. The molecule has 0 saturated carbocycles. The summed E-state index contributed by atoms with van der Waals surface area (Å²) in [5, 5.41) is 3.19. The van der Waals surface area contributed by atoms with Crippen molar-refractivity contribution in [2.45, 2.75) is 13.3 Å². The summed E-state index contributed by atoms with van der Waals surface area (Å²) in [4.78, 5) is 26.2. The summed E-state index contributed by atoms with van der Waals surface area (Å²) >= 11 is 1.30. The molecule has 4 rings (SSSR count). The van der Waals surface area contributed by atoms with Crippen LogP contribution in [-0.2, 0) is 6.42 Å². The Morgan fingerprint density at radius 3 is 2.32 bits per heavy atom. The van der Waals surface area contributed by atoms with E-state index in [1.165, 1.54) is 44.8 Å². The number of primary amides is 1. The van der Waals surface area contributed by atoms with Gasteiger partial charge in [-0.05, 0) is 42.3 Å². The lowest BCUT2D eigenvalue weighted by atomic mass is 10.0. The second kappa shape index (κ2) is 9.52. The zero-order valence-electron chi connectivity index (χ0n) is 19.1. The molecule has 1 aromatic heterocycles. The lowest BCUT2D eigenvalue weighted by molar-refractivity contribution is 0.100. The predicted octanol–water partition coefficient (Wildman–Crippen LogP) is 3.75. The van der Waals surface area contributed by atoms with Crippen molar-refractivity contribution in [3.63, 3.8) is 0 Å². The van der Waals surface area contributed by atoms with Crippen molar-refractivity contribution in [2.24, 2.45) is 5.73 Å². The fourth-order valence-corrected chi connectivity index (χ4v) is 4.98. The first-order chi connectivity index (χ1) is 16.4. The minimum Gasteiger partial charge on any atom is -0.493 e. The summed E-state index contributed by atoms with van der Waals surface area (Å²) < 4.78 is 26.8. The van der Waals surface area contributed by atoms with Gasteiger partial charge in [-0.25, -0.2) is 0 Å². The number of benzene rings is 2. The quantitative estimate of drug-likeness (QED) is 0.500. The Bertz CT molecular complexity index is 1240. The van der Waals surface area contributed by atoms with Gasteiger partial charge in [0.25, 0.3) is 11.8 Å². The smallest absolute Gasteiger partial charge is 0.256 e. The first-order valence-electron chi connectivity index (χ1n) is 10.3. The third-order valence-electron chi connectivity index (χ3n) is 5.45. The number of ether oxygens (including phenoxy) is 5. The average molecular weight is 485 g/mol. The van der Waals surface area contributed by atoms with Gasteiger partial charge in [0.05, 0.1) is 26.9 Å². The summed E-state index contributed by atoms with van der Waals surface area (Å²) in [5.41, 5.74) is 7.91. The lowest BCUT2D eigenvalue weighted by Crippen LogP contribution is -2.17. The van der Waals surface area contributed by atoms with E-state index in [9.17, 15) is 9.59 Å². The summed E-state index contributed by atoms with van der Waals surface area (Å²) in [6.45, 7) is 2.01. The molecule has 1 aliphatic heterocycles. The highest BCUT2D eigenvalue weighted by molar-refractivity contribution is 7.17. The van der Waals surface area contributed by atoms with Crippen molar-refractivity contribution in [1.82, 2.24) is 0 Å². The van der Waals surface area contributed by atoms with Crippen LogP contribution in [0, 0.1) is 6.92 Å². The largest absolute Gasteiger partial charge is 0.493 e. The molecule has 178 valence electrons. The molecular weight excluding hydrogens is 460 g/mol. The minimum atomic E-state index is -0.620. The maximum Gasteiger partial charge on any atom is 0.256 e. The average Bonchev–Trinajstić information content (AvgIpc) is 3.41. The molecule has 0 aliphatic carbocycles. The van der Waals surface area contributed by atoms with E-state index in [1.54, 1.807) is 0 Å². The number of hydrogen-bond donors (Lipinski definition) is 2. The molecule has 9 nitrogen and oxygen atoms in total. The van der Waals surface area contributed by atoms with Crippen LogP contribution in [0.3, 0.4) is 0 Å². The number of anilines is 1. The van der Waals surface area contributed by atoms with Gasteiger partial charge in [0, 0.05) is 16.9 Å². The SMILES string of the molecule is COc1cc(C(=O)Nc2sc(Cc3ccc4c(c3)OCO4)c(C)c2C(N)=O)cc(OC)c1OC. The van der Waals surface area contributed by atoms with Crippen molar-refractivity contribution >= 4 is 28.2 Å². The zero-order chi connectivity index (χ0) is 24.4. The highest BCUT2D eigenvalue weighted by Gasteiger charge is 2.24. The Morgan fingerprint density at radius 2 is 1.71 bits per heavy atom. The topological polar surface area (TPSA) is 118 Å². The normalized spacial score (nSPS) is 11.8. The standard InChI is InChI=1S/C24H24N2O7S/c1-12-19(8-13-5-6-15-16(7-13)33-11-32-15)34-24(20(12)22(25)27)26-23(28)14-9-17(29-2)21(31-4)18(10-14)30-3/h5-7,9-10H,8,11H2,1-4H3,(H2,25,27)(H,26,28). The highest BCUT2D eigenvalue weighted by atomic mass is 32.1. The van der Waals surface area contributed by atoms with Gasteiger partial charge in [0.15, 0.2) is 23.0 Å². The van der Waals surface area contributed by atoms with E-state index in [-0.39, 0.29) is 17.9 Å². The maximum absolute atomic E-state index is 13.1. The van der Waals surface area contributed by atoms with E-state index in [4.69, 9.17) is 29.4 Å². The van der Waals surface area contributed by atoms with Crippen LogP contribution in [0.1, 0.15) is 36.7 Å². The Labute approximate surface area is 200 Å². The number of carbonyl (C=O) groups is 2. The first kappa shape index (κ1) is 23.2. The van der Waals surface area contributed by atoms with Crippen LogP contribution < -0.4 is 34.7 Å². The number of rotatable bonds is 8. The van der Waals surface area contributed by atoms with Crippen LogP contribution in [0.15, 0.2) is 30.3 Å². The molecule has 3 N–H and O–H groups in total. The first-order valence-corrected chi connectivity index (χ1v) is 11.1. The van der Waals surface area contributed by atoms with Crippen LogP contribution >= 0.6 is 11.3 Å². The van der Waals surface area contributed by atoms with Crippen LogP contribution in [0.5, 0.6) is 28.7 Å². The Morgan fingerprint density at radius 1 is 1.03 bits per heavy atom. The van der Waals surface area contributed by atoms with E-state index in [0.29, 0.717) is 40.2 Å². The maximum atomic E-state index is 13.1. The van der Waals surface area contributed by atoms with E-state index >= 15 is 0 Å². The van der Waals surface area contributed by atoms with Crippen molar-refractivity contribution < 1.29 is 33.3 Å². The number of hydrogen-bond acceptors (Lipinski definition) is 8. The summed E-state index contributed by atoms with van der Waals surface area (Å²) in [6.07, 6.45) is 0.535. The highest BCUT2D eigenvalue weighted by Crippen LogP contribution is 2.40. The second-order valence-corrected chi connectivity index (χ2v) is 8.56. The monoisotopic (exact) mass is 484 g/mol. The Balaban J connectivity index is 1.64. The molecular formula is C24H24N2O7S. The predicted molar refractivity (Wildman–Crippen MR) is 127 cm³/mol. The van der Waals surface area contributed by atoms with Gasteiger partial charge in [0.1, 0.15) is 5.00 Å². The van der Waals surface area contributed by atoms with E-state index in [0.717, 1.165) is 16.0 Å². The summed E-state index contributed by atoms with van der Waals surface area (Å²) in [5.74, 6) is 1.36. The van der Waals surface area contributed by atoms with Crippen molar-refractivity contribution in [2.75, 3.05) is 33.4 Å². The Hall–Kier alpha value is -3.92. The molecule has 0 radical (unpaired) electrons. The molecule has 2 aromatic carbocycles. The molecule has 34 heavy (non-hydrogen) atoms. The van der Waals surface area contributed by atoms with Crippen LogP contribution in [-0.4, -0.2) is 39.9 Å². The van der Waals surface area contributed by atoms with Gasteiger partial charge < -0.3 is 34.7 Å². The number of amides is 2. The third kappa shape index (κ3) is 4.32. The molecule has 0 fully saturated rings. The van der Waals surface area contributed by atoms with Crippen LogP contribution in [0.2, 0.25) is 0 Å². The number of thiophene rings is 1. The molecule has 10 heteroatoms. The number of nitrogens with two attached hydrogens (primary N) is 1. The molecule has 1 aliphatic rings. The van der Waals surface area contributed by atoms with Gasteiger partial charge in [-0.15, -0.1) is 11.3 Å². The fraction of sp³-hybridized carbons (Fsp3) is 0.250. The van der Waals surface area contributed by atoms with Gasteiger partial charge in [0.2, 0.25) is 12.5 Å².